The van der Waals surface area contributed by atoms with E-state index in [-0.39, 0.29) is 24.0 Å². The summed E-state index contributed by atoms with van der Waals surface area (Å²) < 4.78 is 10.3. The highest BCUT2D eigenvalue weighted by atomic mass is 16.5. The average Bonchev–Trinajstić information content (AvgIpc) is 2.34. The van der Waals surface area contributed by atoms with Crippen molar-refractivity contribution in [2.75, 3.05) is 20.8 Å². The summed E-state index contributed by atoms with van der Waals surface area (Å²) in [5, 5.41) is 5.58. The summed E-state index contributed by atoms with van der Waals surface area (Å²) in [4.78, 5) is 23.8. The summed E-state index contributed by atoms with van der Waals surface area (Å²) >= 11 is 0. The Balaban J connectivity index is 4.63. The molecule has 0 heterocycles. The Morgan fingerprint density at radius 2 is 1.75 bits per heavy atom. The van der Waals surface area contributed by atoms with Gasteiger partial charge in [0.25, 0.3) is 0 Å². The summed E-state index contributed by atoms with van der Waals surface area (Å²) in [7, 11) is 2.99. The van der Waals surface area contributed by atoms with Gasteiger partial charge in [-0.1, -0.05) is 13.8 Å². The van der Waals surface area contributed by atoms with Gasteiger partial charge in [-0.15, -0.1) is 0 Å². The number of esters is 1. The van der Waals surface area contributed by atoms with Crippen molar-refractivity contribution in [2.24, 2.45) is 5.92 Å². The summed E-state index contributed by atoms with van der Waals surface area (Å²) in [6, 6.07) is -1.17. The first-order valence-electron chi connectivity index (χ1n) is 6.81. The largest absolute Gasteiger partial charge is 0.467 e. The highest BCUT2D eigenvalue weighted by Gasteiger charge is 2.28. The van der Waals surface area contributed by atoms with Crippen LogP contribution >= 0.6 is 0 Å². The van der Waals surface area contributed by atoms with Crippen molar-refractivity contribution in [1.29, 1.82) is 0 Å². The van der Waals surface area contributed by atoms with Gasteiger partial charge in [0, 0.05) is 0 Å². The van der Waals surface area contributed by atoms with Gasteiger partial charge in [-0.05, 0) is 33.7 Å². The maximum Gasteiger partial charge on any atom is 0.328 e. The van der Waals surface area contributed by atoms with E-state index in [4.69, 9.17) is 9.47 Å². The first-order chi connectivity index (χ1) is 9.12. The zero-order valence-corrected chi connectivity index (χ0v) is 13.6. The molecule has 0 aromatic heterocycles. The molecule has 0 aliphatic carbocycles. The molecule has 0 radical (unpaired) electrons. The second-order valence-corrected chi connectivity index (χ2v) is 6.02. The third-order valence-electron chi connectivity index (χ3n) is 2.77. The van der Waals surface area contributed by atoms with Crippen LogP contribution in [-0.4, -0.2) is 50.3 Å². The van der Waals surface area contributed by atoms with E-state index in [1.807, 2.05) is 34.6 Å². The third-order valence-corrected chi connectivity index (χ3v) is 2.77. The Bertz CT molecular complexity index is 324. The van der Waals surface area contributed by atoms with Crippen LogP contribution in [-0.2, 0) is 19.1 Å². The minimum atomic E-state index is -0.655. The molecule has 0 saturated carbocycles. The summed E-state index contributed by atoms with van der Waals surface area (Å²) in [5.41, 5.74) is -0.324. The van der Waals surface area contributed by atoms with Crippen LogP contribution < -0.4 is 10.6 Å². The van der Waals surface area contributed by atoms with E-state index in [2.05, 4.69) is 10.6 Å². The number of methoxy groups -OCH3 is 1. The number of nitrogens with one attached hydrogen (secondary N) is 2. The maximum absolute atomic E-state index is 12.2. The molecule has 0 aliphatic rings. The van der Waals surface area contributed by atoms with Crippen LogP contribution in [0, 0.1) is 5.92 Å². The van der Waals surface area contributed by atoms with Crippen LogP contribution in [0.15, 0.2) is 0 Å². The molecule has 20 heavy (non-hydrogen) atoms. The molecule has 0 rings (SSSR count). The van der Waals surface area contributed by atoms with E-state index < -0.39 is 18.1 Å². The first kappa shape index (κ1) is 18.9. The number of carbonyl (C=O) groups excluding carboxylic acids is 2. The van der Waals surface area contributed by atoms with Crippen molar-refractivity contribution < 1.29 is 19.1 Å². The van der Waals surface area contributed by atoms with Crippen molar-refractivity contribution >= 4 is 11.9 Å². The lowest BCUT2D eigenvalue weighted by Gasteiger charge is -2.26. The van der Waals surface area contributed by atoms with Gasteiger partial charge < -0.3 is 20.1 Å². The molecule has 0 fully saturated rings. The van der Waals surface area contributed by atoms with Crippen LogP contribution in [0.3, 0.4) is 0 Å². The number of likely N-dealkylation sites (N-methyl/N-ethyl adjacent to an activating group) is 1. The summed E-state index contributed by atoms with van der Waals surface area (Å²) in [5.74, 6) is -0.770. The minimum absolute atomic E-state index is 0.0487. The zero-order valence-electron chi connectivity index (χ0n) is 13.6. The smallest absolute Gasteiger partial charge is 0.328 e. The first-order valence-corrected chi connectivity index (χ1v) is 6.81. The zero-order chi connectivity index (χ0) is 15.9. The Hall–Kier alpha value is -1.14. The van der Waals surface area contributed by atoms with Crippen LogP contribution in [0.1, 0.15) is 34.6 Å². The lowest BCUT2D eigenvalue weighted by Crippen LogP contribution is -2.53. The summed E-state index contributed by atoms with van der Waals surface area (Å²) in [6.07, 6.45) is 0. The normalized spacial score (nSPS) is 14.8. The molecule has 2 N–H and O–H groups in total. The van der Waals surface area contributed by atoms with Crippen molar-refractivity contribution in [2.45, 2.75) is 52.3 Å². The van der Waals surface area contributed by atoms with E-state index in [0.29, 0.717) is 0 Å². The molecule has 0 spiro atoms. The Morgan fingerprint density at radius 3 is 2.10 bits per heavy atom. The molecule has 6 heteroatoms. The highest BCUT2D eigenvalue weighted by Crippen LogP contribution is 2.08. The molecule has 0 saturated heterocycles. The lowest BCUT2D eigenvalue weighted by atomic mass is 10.0. The van der Waals surface area contributed by atoms with Gasteiger partial charge in [0.05, 0.1) is 19.3 Å². The number of hydrogen-bond donors (Lipinski definition) is 2. The number of rotatable bonds is 7. The maximum atomic E-state index is 12.2. The van der Waals surface area contributed by atoms with Gasteiger partial charge in [-0.25, -0.2) is 4.79 Å². The van der Waals surface area contributed by atoms with Gasteiger partial charge in [0.1, 0.15) is 12.1 Å². The molecule has 0 aromatic rings. The number of amides is 1. The Kier molecular flexibility index (Phi) is 7.75. The topological polar surface area (TPSA) is 76.7 Å². The molecule has 1 amide bonds. The number of ether oxygens (including phenoxy) is 2. The molecular weight excluding hydrogens is 260 g/mol. The number of carbonyl (C=O) groups is 2. The molecule has 2 atom stereocenters. The Labute approximate surface area is 121 Å². The van der Waals surface area contributed by atoms with Crippen LogP contribution in [0.5, 0.6) is 0 Å². The van der Waals surface area contributed by atoms with E-state index >= 15 is 0 Å². The van der Waals surface area contributed by atoms with Crippen molar-refractivity contribution in [3.05, 3.63) is 0 Å². The van der Waals surface area contributed by atoms with E-state index in [0.717, 1.165) is 0 Å². The van der Waals surface area contributed by atoms with Gasteiger partial charge in [0.2, 0.25) is 5.91 Å². The molecule has 0 aromatic carbocycles. The fourth-order valence-corrected chi connectivity index (χ4v) is 1.50. The van der Waals surface area contributed by atoms with Crippen LogP contribution in [0.4, 0.5) is 0 Å². The van der Waals surface area contributed by atoms with Gasteiger partial charge >= 0.3 is 5.97 Å². The molecule has 6 nitrogen and oxygen atoms in total. The predicted octanol–water partition coefficient (Wildman–Crippen LogP) is 0.703. The van der Waals surface area contributed by atoms with Crippen LogP contribution in [0.25, 0.3) is 0 Å². The van der Waals surface area contributed by atoms with Crippen LogP contribution in [0.2, 0.25) is 0 Å². The lowest BCUT2D eigenvalue weighted by molar-refractivity contribution is -0.147. The summed E-state index contributed by atoms with van der Waals surface area (Å²) in [6.45, 7) is 9.69. The monoisotopic (exact) mass is 288 g/mol. The highest BCUT2D eigenvalue weighted by molar-refractivity contribution is 5.87. The molecule has 0 bridgehead atoms. The van der Waals surface area contributed by atoms with E-state index in [1.165, 1.54) is 7.11 Å². The molecular formula is C14H28N2O4. The Morgan fingerprint density at radius 1 is 1.20 bits per heavy atom. The average molecular weight is 288 g/mol. The number of hydrogen-bond acceptors (Lipinski definition) is 5. The second kappa shape index (κ2) is 8.21. The van der Waals surface area contributed by atoms with E-state index in [1.54, 1.807) is 7.05 Å². The molecule has 0 unspecified atom stereocenters. The van der Waals surface area contributed by atoms with Crippen molar-refractivity contribution in [3.8, 4) is 0 Å². The molecule has 0 aliphatic heterocycles. The predicted molar refractivity (Wildman–Crippen MR) is 77.3 cm³/mol. The SMILES string of the molecule is CN[C@@H](COC(C)(C)C)C(=O)N[C@@H](C(=O)OC)C(C)C. The fraction of sp³-hybridized carbons (Fsp3) is 0.857. The minimum Gasteiger partial charge on any atom is -0.467 e. The quantitative estimate of drug-likeness (QED) is 0.675. The molecule has 118 valence electrons. The second-order valence-electron chi connectivity index (χ2n) is 6.02. The van der Waals surface area contributed by atoms with E-state index in [9.17, 15) is 9.59 Å². The van der Waals surface area contributed by atoms with Crippen molar-refractivity contribution in [3.63, 3.8) is 0 Å². The van der Waals surface area contributed by atoms with Gasteiger partial charge in [-0.2, -0.15) is 0 Å². The van der Waals surface area contributed by atoms with Crippen molar-refractivity contribution in [1.82, 2.24) is 10.6 Å². The fourth-order valence-electron chi connectivity index (χ4n) is 1.50. The standard InChI is InChI=1S/C14H28N2O4/c1-9(2)11(13(18)19-7)16-12(17)10(15-6)8-20-14(3,4)5/h9-11,15H,8H2,1-7H3,(H,16,17)/t10-,11+/m0/s1. The van der Waals surface area contributed by atoms with Gasteiger partial charge in [-0.3, -0.25) is 4.79 Å². The van der Waals surface area contributed by atoms with Gasteiger partial charge in [0.15, 0.2) is 0 Å². The third kappa shape index (κ3) is 6.86.